The van der Waals surface area contributed by atoms with Crippen molar-refractivity contribution in [2.24, 2.45) is 5.41 Å². The topological polar surface area (TPSA) is 40.5 Å². The van der Waals surface area contributed by atoms with Crippen LogP contribution in [0.2, 0.25) is 10.0 Å². The number of hydrogen-bond acceptors (Lipinski definition) is 2. The van der Waals surface area contributed by atoms with Crippen molar-refractivity contribution in [2.45, 2.75) is 89.8 Å². The van der Waals surface area contributed by atoms with E-state index in [2.05, 4.69) is 31.4 Å². The highest BCUT2D eigenvalue weighted by molar-refractivity contribution is 6.30. The van der Waals surface area contributed by atoms with Gasteiger partial charge in [0, 0.05) is 22.0 Å². The molecule has 0 bridgehead atoms. The fraction of sp³-hybridized carbons (Fsp3) is 0.500. The van der Waals surface area contributed by atoms with E-state index in [-0.39, 0.29) is 23.9 Å². The van der Waals surface area contributed by atoms with Crippen LogP contribution in [0.5, 0.6) is 0 Å². The number of benzene rings is 2. The number of carbonyl (C=O) groups excluding carboxylic acids is 1. The van der Waals surface area contributed by atoms with Crippen LogP contribution in [0.3, 0.4) is 0 Å². The number of halogens is 2. The number of carbonyl (C=O) groups is 1. The highest BCUT2D eigenvalue weighted by Gasteiger charge is 2.50. The highest BCUT2D eigenvalue weighted by atomic mass is 35.5. The molecule has 0 aromatic heterocycles. The van der Waals surface area contributed by atoms with Gasteiger partial charge in [-0.2, -0.15) is 0 Å². The van der Waals surface area contributed by atoms with E-state index in [1.807, 2.05) is 62.4 Å². The molecule has 1 aliphatic rings. The largest absolute Gasteiger partial charge is 0.390 e. The van der Waals surface area contributed by atoms with Crippen LogP contribution in [0.25, 0.3) is 0 Å². The van der Waals surface area contributed by atoms with Crippen LogP contribution in [-0.2, 0) is 4.79 Å². The molecule has 0 aliphatic carbocycles. The standard InChI is InChI=1S/C30H39Cl2NO2/c1-6-17-30(5)20-26(22-10-8-11-24(32)19-22)27(21-13-15-23(31)16-14-21)33(28(30)34)25(7-2)12-9-18-29(3,4)35/h6,8,10-11,13-16,19,25-27,35H,1,7,9,12,17-18,20H2,2-5H3/t25?,26-,27-,30+/m1/s1. The van der Waals surface area contributed by atoms with Gasteiger partial charge in [0.05, 0.1) is 17.1 Å². The Kier molecular flexibility index (Phi) is 9.12. The molecule has 2 aromatic rings. The van der Waals surface area contributed by atoms with Crippen molar-refractivity contribution < 1.29 is 9.90 Å². The summed E-state index contributed by atoms with van der Waals surface area (Å²) >= 11 is 12.7. The maximum Gasteiger partial charge on any atom is 0.229 e. The summed E-state index contributed by atoms with van der Waals surface area (Å²) in [6.07, 6.45) is 6.41. The van der Waals surface area contributed by atoms with Crippen LogP contribution < -0.4 is 0 Å². The molecule has 1 aliphatic heterocycles. The molecular weight excluding hydrogens is 477 g/mol. The Morgan fingerprint density at radius 1 is 1.17 bits per heavy atom. The van der Waals surface area contributed by atoms with Gasteiger partial charge in [-0.25, -0.2) is 0 Å². The molecule has 4 atom stereocenters. The second-order valence-corrected chi connectivity index (χ2v) is 11.8. The maximum atomic E-state index is 14.3. The van der Waals surface area contributed by atoms with Gasteiger partial charge in [0.15, 0.2) is 0 Å². The molecule has 190 valence electrons. The SMILES string of the molecule is C=CC[C@@]1(C)C[C@H](c2cccc(Cl)c2)[C@@H](c2ccc(Cl)cc2)N(C(CC)CCCC(C)(C)O)C1=O. The van der Waals surface area contributed by atoms with Crippen LogP contribution in [0.1, 0.15) is 89.3 Å². The minimum atomic E-state index is -0.722. The van der Waals surface area contributed by atoms with Gasteiger partial charge in [0.1, 0.15) is 0 Å². The number of likely N-dealkylation sites (tertiary alicyclic amines) is 1. The zero-order valence-corrected chi connectivity index (χ0v) is 22.9. The van der Waals surface area contributed by atoms with E-state index < -0.39 is 11.0 Å². The van der Waals surface area contributed by atoms with Crippen LogP contribution in [-0.4, -0.2) is 27.6 Å². The van der Waals surface area contributed by atoms with E-state index in [4.69, 9.17) is 23.2 Å². The first-order valence-electron chi connectivity index (χ1n) is 12.7. The zero-order valence-electron chi connectivity index (χ0n) is 21.4. The summed E-state index contributed by atoms with van der Waals surface area (Å²) in [6, 6.07) is 15.9. The monoisotopic (exact) mass is 515 g/mol. The highest BCUT2D eigenvalue weighted by Crippen LogP contribution is 2.52. The molecule has 1 heterocycles. The summed E-state index contributed by atoms with van der Waals surface area (Å²) < 4.78 is 0. The van der Waals surface area contributed by atoms with E-state index in [1.165, 1.54) is 0 Å². The zero-order chi connectivity index (χ0) is 25.8. The summed E-state index contributed by atoms with van der Waals surface area (Å²) in [4.78, 5) is 16.4. The van der Waals surface area contributed by atoms with Crippen LogP contribution in [0.4, 0.5) is 0 Å². The van der Waals surface area contributed by atoms with E-state index in [0.717, 1.165) is 30.4 Å². The van der Waals surface area contributed by atoms with Gasteiger partial charge in [-0.15, -0.1) is 6.58 Å². The number of nitrogens with zero attached hydrogens (tertiary/aromatic N) is 1. The Bertz CT molecular complexity index is 1010. The average Bonchev–Trinajstić information content (AvgIpc) is 2.79. The quantitative estimate of drug-likeness (QED) is 0.322. The lowest BCUT2D eigenvalue weighted by molar-refractivity contribution is -0.155. The third-order valence-electron chi connectivity index (χ3n) is 7.38. The number of amides is 1. The molecule has 35 heavy (non-hydrogen) atoms. The van der Waals surface area contributed by atoms with Crippen LogP contribution >= 0.6 is 23.2 Å². The van der Waals surface area contributed by atoms with Crippen molar-refractivity contribution in [1.82, 2.24) is 4.90 Å². The summed E-state index contributed by atoms with van der Waals surface area (Å²) in [5, 5.41) is 11.6. The van der Waals surface area contributed by atoms with Crippen molar-refractivity contribution in [1.29, 1.82) is 0 Å². The number of rotatable bonds is 10. The average molecular weight is 517 g/mol. The Hall–Kier alpha value is -1.81. The fourth-order valence-corrected chi connectivity index (χ4v) is 5.92. The molecule has 1 fully saturated rings. The van der Waals surface area contributed by atoms with Crippen molar-refractivity contribution >= 4 is 29.1 Å². The van der Waals surface area contributed by atoms with Gasteiger partial charge in [0.25, 0.3) is 0 Å². The van der Waals surface area contributed by atoms with Crippen molar-refractivity contribution in [3.8, 4) is 0 Å². The van der Waals surface area contributed by atoms with Gasteiger partial charge in [0.2, 0.25) is 5.91 Å². The lowest BCUT2D eigenvalue weighted by Crippen LogP contribution is -2.55. The lowest BCUT2D eigenvalue weighted by Gasteiger charge is -2.52. The molecule has 0 saturated carbocycles. The second-order valence-electron chi connectivity index (χ2n) is 10.9. The Morgan fingerprint density at radius 2 is 1.86 bits per heavy atom. The van der Waals surface area contributed by atoms with Gasteiger partial charge in [-0.05, 0) is 87.8 Å². The Balaban J connectivity index is 2.13. The summed E-state index contributed by atoms with van der Waals surface area (Å²) in [6.45, 7) is 11.9. The van der Waals surface area contributed by atoms with E-state index in [1.54, 1.807) is 0 Å². The molecule has 1 amide bonds. The third-order valence-corrected chi connectivity index (χ3v) is 7.86. The van der Waals surface area contributed by atoms with Gasteiger partial charge >= 0.3 is 0 Å². The number of aliphatic hydroxyl groups is 1. The molecule has 0 radical (unpaired) electrons. The Labute approximate surface area is 221 Å². The van der Waals surface area contributed by atoms with E-state index in [9.17, 15) is 9.90 Å². The molecule has 1 unspecified atom stereocenters. The molecule has 0 spiro atoms. The van der Waals surface area contributed by atoms with E-state index in [0.29, 0.717) is 29.3 Å². The minimum Gasteiger partial charge on any atom is -0.390 e. The van der Waals surface area contributed by atoms with Gasteiger partial charge < -0.3 is 10.0 Å². The maximum absolute atomic E-state index is 14.3. The van der Waals surface area contributed by atoms with Crippen molar-refractivity contribution in [3.05, 3.63) is 82.4 Å². The molecule has 5 heteroatoms. The third kappa shape index (κ3) is 6.70. The molecule has 1 saturated heterocycles. The normalized spacial score (nSPS) is 23.9. The number of hydrogen-bond donors (Lipinski definition) is 1. The molecule has 3 nitrogen and oxygen atoms in total. The molecular formula is C30H39Cl2NO2. The molecule has 3 rings (SSSR count). The number of allylic oxidation sites excluding steroid dienone is 1. The molecule has 1 N–H and O–H groups in total. The summed E-state index contributed by atoms with van der Waals surface area (Å²) in [5.41, 5.74) is 0.938. The summed E-state index contributed by atoms with van der Waals surface area (Å²) in [7, 11) is 0. The van der Waals surface area contributed by atoms with Crippen molar-refractivity contribution in [2.75, 3.05) is 0 Å². The van der Waals surface area contributed by atoms with E-state index >= 15 is 0 Å². The predicted molar refractivity (Wildman–Crippen MR) is 147 cm³/mol. The first-order valence-corrected chi connectivity index (χ1v) is 13.4. The molecule has 2 aromatic carbocycles. The first kappa shape index (κ1) is 27.8. The van der Waals surface area contributed by atoms with Crippen molar-refractivity contribution in [3.63, 3.8) is 0 Å². The second kappa shape index (κ2) is 11.5. The van der Waals surface area contributed by atoms with Crippen LogP contribution in [0, 0.1) is 5.41 Å². The lowest BCUT2D eigenvalue weighted by atomic mass is 9.67. The van der Waals surface area contributed by atoms with Gasteiger partial charge in [-0.3, -0.25) is 4.79 Å². The summed E-state index contributed by atoms with van der Waals surface area (Å²) in [5.74, 6) is 0.242. The predicted octanol–water partition coefficient (Wildman–Crippen LogP) is 8.35. The fourth-order valence-electron chi connectivity index (χ4n) is 5.60. The Morgan fingerprint density at radius 3 is 2.43 bits per heavy atom. The first-order chi connectivity index (χ1) is 16.5. The smallest absolute Gasteiger partial charge is 0.229 e. The number of piperidine rings is 1. The minimum absolute atomic E-state index is 0.0525. The van der Waals surface area contributed by atoms with Crippen LogP contribution in [0.15, 0.2) is 61.2 Å². The van der Waals surface area contributed by atoms with Gasteiger partial charge in [-0.1, -0.05) is 67.4 Å².